The van der Waals surface area contributed by atoms with E-state index in [1.165, 1.54) is 0 Å². The summed E-state index contributed by atoms with van der Waals surface area (Å²) in [6.07, 6.45) is 3.36. The fraction of sp³-hybridized carbons (Fsp3) is 0.0800. The van der Waals surface area contributed by atoms with Gasteiger partial charge in [0.05, 0.1) is 0 Å². The Balaban J connectivity index is 1.54. The van der Waals surface area contributed by atoms with Crippen LogP contribution in [0.25, 0.3) is 10.8 Å². The molecule has 4 aromatic rings. The van der Waals surface area contributed by atoms with E-state index in [1.54, 1.807) is 18.5 Å². The number of benzene rings is 3. The minimum Gasteiger partial charge on any atom is -0.350 e. The lowest BCUT2D eigenvalue weighted by atomic mass is 10.0. The molecule has 148 valence electrons. The van der Waals surface area contributed by atoms with E-state index in [9.17, 15) is 9.59 Å². The zero-order valence-corrected chi connectivity index (χ0v) is 16.3. The standard InChI is InChI=1S/C25H21N3O2/c29-24(22-11-10-19-6-4-5-9-21(19)16-22)28-23(20-7-2-1-3-8-20)25(30)27-17-18-12-14-26-15-13-18/h1-16,23H,17H2,(H,27,30)(H,28,29)/t23-/m1/s1. The van der Waals surface area contributed by atoms with Gasteiger partial charge in [-0.25, -0.2) is 0 Å². The van der Waals surface area contributed by atoms with E-state index < -0.39 is 6.04 Å². The minimum absolute atomic E-state index is 0.271. The highest BCUT2D eigenvalue weighted by Crippen LogP contribution is 2.18. The maximum atomic E-state index is 13.0. The summed E-state index contributed by atoms with van der Waals surface area (Å²) in [5.74, 6) is -0.569. The van der Waals surface area contributed by atoms with Gasteiger partial charge in [0, 0.05) is 24.5 Å². The van der Waals surface area contributed by atoms with Crippen LogP contribution in [0.1, 0.15) is 27.5 Å². The first-order valence-corrected chi connectivity index (χ1v) is 9.72. The normalized spacial score (nSPS) is 11.6. The fourth-order valence-corrected chi connectivity index (χ4v) is 3.28. The molecule has 0 fully saturated rings. The Morgan fingerprint density at radius 3 is 2.27 bits per heavy atom. The highest BCUT2D eigenvalue weighted by atomic mass is 16.2. The molecule has 0 spiro atoms. The molecule has 0 aliphatic carbocycles. The van der Waals surface area contributed by atoms with Crippen LogP contribution in [0.3, 0.4) is 0 Å². The maximum absolute atomic E-state index is 13.0. The third-order valence-corrected chi connectivity index (χ3v) is 4.90. The Kier molecular flexibility index (Phi) is 5.80. The van der Waals surface area contributed by atoms with Crippen molar-refractivity contribution >= 4 is 22.6 Å². The van der Waals surface area contributed by atoms with Crippen molar-refractivity contribution in [3.8, 4) is 0 Å². The molecule has 2 amide bonds. The van der Waals surface area contributed by atoms with E-state index in [2.05, 4.69) is 15.6 Å². The smallest absolute Gasteiger partial charge is 0.252 e. The third-order valence-electron chi connectivity index (χ3n) is 4.90. The summed E-state index contributed by atoms with van der Waals surface area (Å²) in [6, 6.07) is 25.5. The van der Waals surface area contributed by atoms with E-state index in [0.717, 1.165) is 21.9 Å². The predicted molar refractivity (Wildman–Crippen MR) is 117 cm³/mol. The number of fused-ring (bicyclic) bond motifs is 1. The van der Waals surface area contributed by atoms with Gasteiger partial charge in [0.2, 0.25) is 5.91 Å². The van der Waals surface area contributed by atoms with Crippen molar-refractivity contribution in [2.75, 3.05) is 0 Å². The highest BCUT2D eigenvalue weighted by Gasteiger charge is 2.23. The Morgan fingerprint density at radius 1 is 0.800 bits per heavy atom. The average Bonchev–Trinajstić information content (AvgIpc) is 2.81. The molecule has 2 N–H and O–H groups in total. The average molecular weight is 395 g/mol. The van der Waals surface area contributed by atoms with Crippen molar-refractivity contribution in [2.45, 2.75) is 12.6 Å². The van der Waals surface area contributed by atoms with Gasteiger partial charge in [-0.3, -0.25) is 14.6 Å². The largest absolute Gasteiger partial charge is 0.350 e. The first-order valence-electron chi connectivity index (χ1n) is 9.72. The van der Waals surface area contributed by atoms with E-state index in [1.807, 2.05) is 78.9 Å². The summed E-state index contributed by atoms with van der Waals surface area (Å²) in [7, 11) is 0. The second-order valence-electron chi connectivity index (χ2n) is 6.95. The number of pyridine rings is 1. The zero-order valence-electron chi connectivity index (χ0n) is 16.3. The van der Waals surface area contributed by atoms with E-state index in [-0.39, 0.29) is 11.8 Å². The molecule has 1 aromatic heterocycles. The Bertz CT molecular complexity index is 1160. The van der Waals surface area contributed by atoms with Gasteiger partial charge in [0.15, 0.2) is 0 Å². The topological polar surface area (TPSA) is 71.1 Å². The van der Waals surface area contributed by atoms with Gasteiger partial charge in [-0.15, -0.1) is 0 Å². The number of nitrogens with one attached hydrogen (secondary N) is 2. The molecular weight excluding hydrogens is 374 g/mol. The zero-order chi connectivity index (χ0) is 20.8. The van der Waals surface area contributed by atoms with Gasteiger partial charge in [-0.05, 0) is 46.2 Å². The van der Waals surface area contributed by atoms with Gasteiger partial charge >= 0.3 is 0 Å². The lowest BCUT2D eigenvalue weighted by Gasteiger charge is -2.19. The number of hydrogen-bond donors (Lipinski definition) is 2. The van der Waals surface area contributed by atoms with Crippen molar-refractivity contribution in [3.63, 3.8) is 0 Å². The summed E-state index contributed by atoms with van der Waals surface area (Å²) in [5, 5.41) is 7.82. The van der Waals surface area contributed by atoms with Crippen LogP contribution in [0.15, 0.2) is 97.3 Å². The lowest BCUT2D eigenvalue weighted by Crippen LogP contribution is -2.40. The molecule has 4 rings (SSSR count). The quantitative estimate of drug-likeness (QED) is 0.518. The molecule has 0 saturated heterocycles. The van der Waals surface area contributed by atoms with Gasteiger partial charge in [0.25, 0.3) is 5.91 Å². The number of aromatic nitrogens is 1. The van der Waals surface area contributed by atoms with Gasteiger partial charge in [-0.1, -0.05) is 60.7 Å². The monoisotopic (exact) mass is 395 g/mol. The number of amides is 2. The molecule has 3 aromatic carbocycles. The number of nitrogens with zero attached hydrogens (tertiary/aromatic N) is 1. The summed E-state index contributed by atoms with van der Waals surface area (Å²) >= 11 is 0. The number of rotatable bonds is 6. The van der Waals surface area contributed by atoms with E-state index >= 15 is 0 Å². The van der Waals surface area contributed by atoms with Crippen LogP contribution in [0.5, 0.6) is 0 Å². The van der Waals surface area contributed by atoms with E-state index in [4.69, 9.17) is 0 Å². The summed E-state index contributed by atoms with van der Waals surface area (Å²) in [4.78, 5) is 29.9. The van der Waals surface area contributed by atoms with E-state index in [0.29, 0.717) is 12.1 Å². The molecule has 1 atom stereocenters. The van der Waals surface area contributed by atoms with Gasteiger partial charge in [-0.2, -0.15) is 0 Å². The fourth-order valence-electron chi connectivity index (χ4n) is 3.28. The number of carbonyl (C=O) groups is 2. The summed E-state index contributed by atoms with van der Waals surface area (Å²) < 4.78 is 0. The highest BCUT2D eigenvalue weighted by molar-refractivity contribution is 6.00. The first-order chi connectivity index (χ1) is 14.7. The molecule has 0 aliphatic heterocycles. The van der Waals surface area contributed by atoms with Crippen LogP contribution in [-0.4, -0.2) is 16.8 Å². The molecular formula is C25H21N3O2. The number of carbonyl (C=O) groups excluding carboxylic acids is 2. The van der Waals surface area contributed by atoms with Crippen molar-refractivity contribution < 1.29 is 9.59 Å². The Labute approximate surface area is 174 Å². The first kappa shape index (κ1) is 19.3. The SMILES string of the molecule is O=C(N[C@@H](C(=O)NCc1ccncc1)c1ccccc1)c1ccc2ccccc2c1. The van der Waals surface area contributed by atoms with Crippen molar-refractivity contribution in [1.29, 1.82) is 0 Å². The molecule has 0 aliphatic rings. The van der Waals surface area contributed by atoms with Crippen molar-refractivity contribution in [3.05, 3.63) is 114 Å². The van der Waals surface area contributed by atoms with Crippen molar-refractivity contribution in [2.24, 2.45) is 0 Å². The van der Waals surface area contributed by atoms with Crippen molar-refractivity contribution in [1.82, 2.24) is 15.6 Å². The molecule has 5 heteroatoms. The second kappa shape index (κ2) is 9.01. The third kappa shape index (κ3) is 4.52. The van der Waals surface area contributed by atoms with Crippen LogP contribution in [0.4, 0.5) is 0 Å². The molecule has 1 heterocycles. The van der Waals surface area contributed by atoms with Crippen LogP contribution in [0, 0.1) is 0 Å². The van der Waals surface area contributed by atoms with Crippen LogP contribution >= 0.6 is 0 Å². The predicted octanol–water partition coefficient (Wildman–Crippen LogP) is 4.02. The lowest BCUT2D eigenvalue weighted by molar-refractivity contribution is -0.123. The Morgan fingerprint density at radius 2 is 1.50 bits per heavy atom. The molecule has 5 nitrogen and oxygen atoms in total. The molecule has 0 radical (unpaired) electrons. The minimum atomic E-state index is -0.799. The Hall–Kier alpha value is -3.99. The van der Waals surface area contributed by atoms with Gasteiger partial charge < -0.3 is 10.6 Å². The van der Waals surface area contributed by atoms with Crippen LogP contribution in [0.2, 0.25) is 0 Å². The maximum Gasteiger partial charge on any atom is 0.252 e. The van der Waals surface area contributed by atoms with Gasteiger partial charge in [0.1, 0.15) is 6.04 Å². The second-order valence-corrected chi connectivity index (χ2v) is 6.95. The molecule has 0 bridgehead atoms. The molecule has 0 unspecified atom stereocenters. The summed E-state index contributed by atoms with van der Waals surface area (Å²) in [6.45, 7) is 0.358. The summed E-state index contributed by atoms with van der Waals surface area (Å²) in [5.41, 5.74) is 2.17. The number of hydrogen-bond acceptors (Lipinski definition) is 3. The van der Waals surface area contributed by atoms with Crippen LogP contribution < -0.4 is 10.6 Å². The molecule has 0 saturated carbocycles. The molecule has 30 heavy (non-hydrogen) atoms. The van der Waals surface area contributed by atoms with Crippen LogP contribution in [-0.2, 0) is 11.3 Å².